The Morgan fingerprint density at radius 2 is 2.42 bits per heavy atom. The molecule has 1 saturated heterocycles. The number of hydrogen-bond acceptors (Lipinski definition) is 4. The van der Waals surface area contributed by atoms with Crippen LogP contribution in [0, 0.1) is 11.3 Å². The minimum absolute atomic E-state index is 0.184. The van der Waals surface area contributed by atoms with Gasteiger partial charge in [-0.3, -0.25) is 4.90 Å². The number of rotatable bonds is 4. The number of benzene rings is 1. The van der Waals surface area contributed by atoms with Crippen LogP contribution in [-0.4, -0.2) is 43.8 Å². The molecule has 1 N–H and O–H groups in total. The molecule has 1 aromatic rings. The third-order valence-electron chi connectivity index (χ3n) is 3.29. The third-order valence-corrected chi connectivity index (χ3v) is 3.79. The van der Waals surface area contributed by atoms with Crippen LogP contribution in [0.5, 0.6) is 0 Å². The maximum atomic E-state index is 9.11. The Balaban J connectivity index is 1.93. The summed E-state index contributed by atoms with van der Waals surface area (Å²) < 4.78 is 6.65. The minimum Gasteiger partial charge on any atom is -0.381 e. The van der Waals surface area contributed by atoms with Crippen LogP contribution in [0.15, 0.2) is 22.7 Å². The van der Waals surface area contributed by atoms with E-state index in [0.717, 1.165) is 42.9 Å². The average Bonchev–Trinajstić information content (AvgIpc) is 2.46. The number of halogens is 1. The quantitative estimate of drug-likeness (QED) is 0.924. The molecule has 0 bridgehead atoms. The number of hydrogen-bond donors (Lipinski definition) is 1. The maximum absolute atomic E-state index is 9.11. The predicted molar refractivity (Wildman–Crippen MR) is 79.2 cm³/mol. The van der Waals surface area contributed by atoms with Gasteiger partial charge in [0.2, 0.25) is 0 Å². The Bertz CT molecular complexity index is 472. The molecule has 4 nitrogen and oxygen atoms in total. The summed E-state index contributed by atoms with van der Waals surface area (Å²) in [5.74, 6) is 0. The lowest BCUT2D eigenvalue weighted by Crippen LogP contribution is -2.45. The van der Waals surface area contributed by atoms with E-state index in [9.17, 15) is 0 Å². The SMILES string of the molecule is CCN1CCOC(CNc2ccc(Br)cc2C#N)C1. The molecule has 1 unspecified atom stereocenters. The molecule has 1 fully saturated rings. The number of morpholine rings is 1. The highest BCUT2D eigenvalue weighted by molar-refractivity contribution is 9.10. The van der Waals surface area contributed by atoms with Crippen LogP contribution in [0.3, 0.4) is 0 Å². The minimum atomic E-state index is 0.184. The van der Waals surface area contributed by atoms with Crippen LogP contribution >= 0.6 is 15.9 Å². The fourth-order valence-electron chi connectivity index (χ4n) is 2.18. The van der Waals surface area contributed by atoms with Gasteiger partial charge in [0.1, 0.15) is 6.07 Å². The van der Waals surface area contributed by atoms with Crippen LogP contribution in [-0.2, 0) is 4.74 Å². The summed E-state index contributed by atoms with van der Waals surface area (Å²) in [4.78, 5) is 2.38. The zero-order valence-electron chi connectivity index (χ0n) is 11.0. The summed E-state index contributed by atoms with van der Waals surface area (Å²) in [7, 11) is 0. The first-order valence-corrected chi connectivity index (χ1v) is 7.29. The van der Waals surface area contributed by atoms with Gasteiger partial charge in [-0.15, -0.1) is 0 Å². The Kier molecular flexibility index (Phi) is 5.20. The smallest absolute Gasteiger partial charge is 0.101 e. The molecule has 0 aromatic heterocycles. The molecule has 0 spiro atoms. The molecule has 5 heteroatoms. The first-order chi connectivity index (χ1) is 9.22. The zero-order chi connectivity index (χ0) is 13.7. The first-order valence-electron chi connectivity index (χ1n) is 6.50. The number of anilines is 1. The van der Waals surface area contributed by atoms with E-state index >= 15 is 0 Å². The molecule has 2 rings (SSSR count). The lowest BCUT2D eigenvalue weighted by atomic mass is 10.2. The van der Waals surface area contributed by atoms with Gasteiger partial charge in [-0.1, -0.05) is 22.9 Å². The Labute approximate surface area is 122 Å². The lowest BCUT2D eigenvalue weighted by Gasteiger charge is -2.32. The summed E-state index contributed by atoms with van der Waals surface area (Å²) in [5, 5.41) is 12.4. The molecule has 0 aliphatic carbocycles. The van der Waals surface area contributed by atoms with E-state index in [-0.39, 0.29) is 6.10 Å². The molecule has 1 atom stereocenters. The largest absolute Gasteiger partial charge is 0.381 e. The summed E-state index contributed by atoms with van der Waals surface area (Å²) >= 11 is 3.37. The van der Waals surface area contributed by atoms with Crippen LogP contribution in [0.1, 0.15) is 12.5 Å². The van der Waals surface area contributed by atoms with Gasteiger partial charge < -0.3 is 10.1 Å². The topological polar surface area (TPSA) is 48.3 Å². The van der Waals surface area contributed by atoms with E-state index in [0.29, 0.717) is 5.56 Å². The second kappa shape index (κ2) is 6.90. The van der Waals surface area contributed by atoms with Gasteiger partial charge in [0.25, 0.3) is 0 Å². The van der Waals surface area contributed by atoms with Crippen molar-refractivity contribution in [3.05, 3.63) is 28.2 Å². The standard InChI is InChI=1S/C14H18BrN3O/c1-2-18-5-6-19-13(10-18)9-17-14-4-3-12(15)7-11(14)8-16/h3-4,7,13,17H,2,5-6,9-10H2,1H3. The summed E-state index contributed by atoms with van der Waals surface area (Å²) in [5.41, 5.74) is 1.51. The molecule has 1 aliphatic heterocycles. The Morgan fingerprint density at radius 1 is 1.58 bits per heavy atom. The van der Waals surface area contributed by atoms with E-state index in [1.165, 1.54) is 0 Å². The molecule has 102 valence electrons. The van der Waals surface area contributed by atoms with Gasteiger partial charge in [-0.2, -0.15) is 5.26 Å². The Hall–Kier alpha value is -1.09. The maximum Gasteiger partial charge on any atom is 0.101 e. The van der Waals surface area contributed by atoms with E-state index in [4.69, 9.17) is 10.00 Å². The summed E-state index contributed by atoms with van der Waals surface area (Å²) in [6.45, 7) is 6.69. The number of likely N-dealkylation sites (N-methyl/N-ethyl adjacent to an activating group) is 1. The molecule has 1 heterocycles. The molecule has 0 saturated carbocycles. The van der Waals surface area contributed by atoms with Crippen molar-refractivity contribution in [1.29, 1.82) is 5.26 Å². The molecule has 1 aliphatic rings. The number of nitrogens with one attached hydrogen (secondary N) is 1. The van der Waals surface area contributed by atoms with Crippen LogP contribution in [0.4, 0.5) is 5.69 Å². The highest BCUT2D eigenvalue weighted by atomic mass is 79.9. The monoisotopic (exact) mass is 323 g/mol. The van der Waals surface area contributed by atoms with Crippen LogP contribution in [0.2, 0.25) is 0 Å². The molecular weight excluding hydrogens is 306 g/mol. The van der Waals surface area contributed by atoms with E-state index in [1.54, 1.807) is 0 Å². The van der Waals surface area contributed by atoms with Crippen molar-refractivity contribution in [2.24, 2.45) is 0 Å². The van der Waals surface area contributed by atoms with Gasteiger partial charge in [0.05, 0.1) is 24.0 Å². The van der Waals surface area contributed by atoms with Crippen molar-refractivity contribution in [3.8, 4) is 6.07 Å². The number of nitrogens with zero attached hydrogens (tertiary/aromatic N) is 2. The molecule has 19 heavy (non-hydrogen) atoms. The van der Waals surface area contributed by atoms with Crippen molar-refractivity contribution in [1.82, 2.24) is 4.90 Å². The average molecular weight is 324 g/mol. The van der Waals surface area contributed by atoms with Crippen molar-refractivity contribution in [3.63, 3.8) is 0 Å². The Morgan fingerprint density at radius 3 is 3.16 bits per heavy atom. The van der Waals surface area contributed by atoms with Gasteiger partial charge in [-0.25, -0.2) is 0 Å². The van der Waals surface area contributed by atoms with Gasteiger partial charge in [0, 0.05) is 24.1 Å². The fourth-order valence-corrected chi connectivity index (χ4v) is 2.54. The molecule has 0 radical (unpaired) electrons. The van der Waals surface area contributed by atoms with E-state index in [1.807, 2.05) is 18.2 Å². The summed E-state index contributed by atoms with van der Waals surface area (Å²) in [6.07, 6.45) is 0.184. The second-order valence-electron chi connectivity index (χ2n) is 4.57. The van der Waals surface area contributed by atoms with Crippen molar-refractivity contribution >= 4 is 21.6 Å². The highest BCUT2D eigenvalue weighted by Crippen LogP contribution is 2.20. The fraction of sp³-hybridized carbons (Fsp3) is 0.500. The first kappa shape index (κ1) is 14.3. The van der Waals surface area contributed by atoms with E-state index in [2.05, 4.69) is 39.1 Å². The van der Waals surface area contributed by atoms with Crippen LogP contribution in [0.25, 0.3) is 0 Å². The predicted octanol–water partition coefficient (Wildman–Crippen LogP) is 2.45. The van der Waals surface area contributed by atoms with Crippen molar-refractivity contribution in [2.45, 2.75) is 13.0 Å². The van der Waals surface area contributed by atoms with Crippen molar-refractivity contribution < 1.29 is 4.74 Å². The number of nitriles is 1. The third kappa shape index (κ3) is 3.93. The van der Waals surface area contributed by atoms with Crippen LogP contribution < -0.4 is 5.32 Å². The van der Waals surface area contributed by atoms with E-state index < -0.39 is 0 Å². The van der Waals surface area contributed by atoms with Gasteiger partial charge in [0.15, 0.2) is 0 Å². The second-order valence-corrected chi connectivity index (χ2v) is 5.48. The summed E-state index contributed by atoms with van der Waals surface area (Å²) in [6, 6.07) is 7.88. The highest BCUT2D eigenvalue weighted by Gasteiger charge is 2.19. The normalized spacial score (nSPS) is 19.9. The zero-order valence-corrected chi connectivity index (χ0v) is 12.6. The number of ether oxygens (including phenoxy) is 1. The molecule has 0 amide bonds. The molecule has 1 aromatic carbocycles. The van der Waals surface area contributed by atoms with Crippen molar-refractivity contribution in [2.75, 3.05) is 38.1 Å². The lowest BCUT2D eigenvalue weighted by molar-refractivity contribution is -0.0191. The molecular formula is C14H18BrN3O. The van der Waals surface area contributed by atoms with Gasteiger partial charge in [-0.05, 0) is 24.7 Å². The van der Waals surface area contributed by atoms with Gasteiger partial charge >= 0.3 is 0 Å².